The molecular formula is C28H28ClN3O3. The van der Waals surface area contributed by atoms with E-state index in [0.717, 1.165) is 53.0 Å². The van der Waals surface area contributed by atoms with Crippen LogP contribution in [-0.4, -0.2) is 40.6 Å². The molecule has 1 amide bonds. The molecule has 4 aromatic rings. The molecule has 2 aromatic carbocycles. The zero-order valence-electron chi connectivity index (χ0n) is 19.7. The maximum Gasteiger partial charge on any atom is 0.271 e. The molecule has 5 rings (SSSR count). The molecule has 6 nitrogen and oxygen atoms in total. The molecule has 0 aliphatic carbocycles. The fraction of sp³-hybridized carbons (Fsp3) is 0.286. The molecular weight excluding hydrogens is 462 g/mol. The van der Waals surface area contributed by atoms with Crippen LogP contribution < -0.4 is 4.74 Å². The summed E-state index contributed by atoms with van der Waals surface area (Å²) in [4.78, 5) is 23.1. The molecule has 0 bridgehead atoms. The molecule has 1 saturated heterocycles. The van der Waals surface area contributed by atoms with Crippen LogP contribution in [0.1, 0.15) is 33.6 Å². The van der Waals surface area contributed by atoms with Gasteiger partial charge < -0.3 is 19.4 Å². The summed E-state index contributed by atoms with van der Waals surface area (Å²) < 4.78 is 11.4. The maximum atomic E-state index is 13.8. The minimum atomic E-state index is -0.0692. The number of benzene rings is 2. The lowest BCUT2D eigenvalue weighted by molar-refractivity contribution is 0.0724. The topological polar surface area (TPSA) is 67.5 Å². The van der Waals surface area contributed by atoms with E-state index in [9.17, 15) is 4.79 Å². The fourth-order valence-electron chi connectivity index (χ4n) is 4.42. The molecule has 0 saturated carbocycles. The Morgan fingerprint density at radius 3 is 2.74 bits per heavy atom. The number of carbonyl (C=O) groups excluding carboxylic acids is 1. The molecule has 1 N–H and O–H groups in total. The van der Waals surface area contributed by atoms with Gasteiger partial charge in [0.2, 0.25) is 0 Å². The summed E-state index contributed by atoms with van der Waals surface area (Å²) in [5.74, 6) is 1.21. The molecule has 0 unspecified atom stereocenters. The predicted molar refractivity (Wildman–Crippen MR) is 137 cm³/mol. The molecule has 1 fully saturated rings. The normalized spacial score (nSPS) is 15.4. The molecule has 2 aromatic heterocycles. The van der Waals surface area contributed by atoms with E-state index in [1.165, 1.54) is 0 Å². The molecule has 0 spiro atoms. The third-order valence-corrected chi connectivity index (χ3v) is 6.66. The summed E-state index contributed by atoms with van der Waals surface area (Å²) in [7, 11) is 0. The Bertz CT molecular complexity index is 1300. The van der Waals surface area contributed by atoms with Gasteiger partial charge in [-0.25, -0.2) is 0 Å². The maximum absolute atomic E-state index is 13.8. The zero-order chi connectivity index (χ0) is 24.2. The van der Waals surface area contributed by atoms with Gasteiger partial charge in [0.05, 0.1) is 13.2 Å². The summed E-state index contributed by atoms with van der Waals surface area (Å²) in [5, 5.41) is 1.60. The monoisotopic (exact) mass is 489 g/mol. The van der Waals surface area contributed by atoms with Crippen LogP contribution in [0.4, 0.5) is 0 Å². The van der Waals surface area contributed by atoms with Crippen molar-refractivity contribution < 1.29 is 14.3 Å². The number of aryl methyl sites for hydroxylation is 1. The van der Waals surface area contributed by atoms with E-state index < -0.39 is 0 Å². The number of nitrogens with one attached hydrogen (secondary N) is 1. The first kappa shape index (κ1) is 23.4. The molecule has 0 radical (unpaired) electrons. The Morgan fingerprint density at radius 2 is 2.00 bits per heavy atom. The van der Waals surface area contributed by atoms with Crippen molar-refractivity contribution in [3.63, 3.8) is 0 Å². The van der Waals surface area contributed by atoms with Crippen molar-refractivity contribution in [1.82, 2.24) is 14.9 Å². The quantitative estimate of drug-likeness (QED) is 0.340. The smallest absolute Gasteiger partial charge is 0.271 e. The summed E-state index contributed by atoms with van der Waals surface area (Å²) >= 11 is 6.20. The van der Waals surface area contributed by atoms with E-state index in [1.807, 2.05) is 66.4 Å². The first-order valence-corrected chi connectivity index (χ1v) is 12.2. The number of pyridine rings is 1. The van der Waals surface area contributed by atoms with Crippen molar-refractivity contribution in [2.24, 2.45) is 5.92 Å². The number of amides is 1. The van der Waals surface area contributed by atoms with Crippen molar-refractivity contribution in [1.29, 1.82) is 0 Å². The Labute approximate surface area is 209 Å². The first-order chi connectivity index (χ1) is 17.1. The highest BCUT2D eigenvalue weighted by atomic mass is 35.5. The number of H-pyrrole nitrogens is 1. The zero-order valence-corrected chi connectivity index (χ0v) is 20.4. The standard InChI is InChI=1S/C28H28ClN3O3/c1-19-25-13-23(29)6-9-26(25)31-27(19)28(33)32(16-21-3-2-11-30-14-21)15-20-4-7-24(8-5-20)35-18-22-10-12-34-17-22/h2-9,11,13-14,22,31H,10,12,15-18H2,1H3/t22-/m0/s1. The van der Waals surface area contributed by atoms with E-state index in [1.54, 1.807) is 12.4 Å². The van der Waals surface area contributed by atoms with Gasteiger partial charge in [-0.3, -0.25) is 9.78 Å². The molecule has 35 heavy (non-hydrogen) atoms. The van der Waals surface area contributed by atoms with Crippen molar-refractivity contribution in [2.75, 3.05) is 19.8 Å². The van der Waals surface area contributed by atoms with Crippen molar-refractivity contribution in [3.05, 3.63) is 94.4 Å². The molecule has 1 aliphatic heterocycles. The highest BCUT2D eigenvalue weighted by molar-refractivity contribution is 6.31. The van der Waals surface area contributed by atoms with Crippen LogP contribution in [0.15, 0.2) is 67.0 Å². The first-order valence-electron chi connectivity index (χ1n) is 11.8. The highest BCUT2D eigenvalue weighted by Crippen LogP contribution is 2.27. The van der Waals surface area contributed by atoms with Gasteiger partial charge in [0.1, 0.15) is 11.4 Å². The lowest BCUT2D eigenvalue weighted by Crippen LogP contribution is -2.31. The van der Waals surface area contributed by atoms with Crippen LogP contribution in [-0.2, 0) is 17.8 Å². The lowest BCUT2D eigenvalue weighted by atomic mass is 10.1. The summed E-state index contributed by atoms with van der Waals surface area (Å²) in [6.07, 6.45) is 4.57. The van der Waals surface area contributed by atoms with Crippen molar-refractivity contribution in [2.45, 2.75) is 26.4 Å². The Hall–Kier alpha value is -3.35. The third kappa shape index (κ3) is 5.50. The lowest BCUT2D eigenvalue weighted by Gasteiger charge is -2.23. The number of ether oxygens (including phenoxy) is 2. The van der Waals surface area contributed by atoms with E-state index in [4.69, 9.17) is 21.1 Å². The van der Waals surface area contributed by atoms with Gasteiger partial charge in [-0.2, -0.15) is 0 Å². The summed E-state index contributed by atoms with van der Waals surface area (Å²) in [5.41, 5.74) is 4.35. The second kappa shape index (κ2) is 10.5. The number of nitrogens with zero attached hydrogens (tertiary/aromatic N) is 2. The van der Waals surface area contributed by atoms with Crippen LogP contribution in [0.2, 0.25) is 5.02 Å². The predicted octanol–water partition coefficient (Wildman–Crippen LogP) is 5.78. The number of aromatic nitrogens is 2. The summed E-state index contributed by atoms with van der Waals surface area (Å²) in [6, 6.07) is 17.5. The Balaban J connectivity index is 1.36. The van der Waals surface area contributed by atoms with Gasteiger partial charge in [0.15, 0.2) is 0 Å². The van der Waals surface area contributed by atoms with Crippen molar-refractivity contribution in [3.8, 4) is 5.75 Å². The average molecular weight is 490 g/mol. The van der Waals surface area contributed by atoms with Gasteiger partial charge in [0, 0.05) is 53.9 Å². The van der Waals surface area contributed by atoms with E-state index >= 15 is 0 Å². The average Bonchev–Trinajstić information content (AvgIpc) is 3.51. The highest BCUT2D eigenvalue weighted by Gasteiger charge is 2.22. The van der Waals surface area contributed by atoms with Gasteiger partial charge >= 0.3 is 0 Å². The van der Waals surface area contributed by atoms with Gasteiger partial charge in [-0.15, -0.1) is 0 Å². The number of hydrogen-bond acceptors (Lipinski definition) is 4. The van der Waals surface area contributed by atoms with Gasteiger partial charge in [0.25, 0.3) is 5.91 Å². The van der Waals surface area contributed by atoms with Crippen LogP contribution >= 0.6 is 11.6 Å². The second-order valence-corrected chi connectivity index (χ2v) is 9.46. The number of rotatable bonds is 8. The van der Waals surface area contributed by atoms with Crippen LogP contribution in [0, 0.1) is 12.8 Å². The Morgan fingerprint density at radius 1 is 1.17 bits per heavy atom. The largest absolute Gasteiger partial charge is 0.493 e. The van der Waals surface area contributed by atoms with Crippen LogP contribution in [0.3, 0.4) is 0 Å². The molecule has 180 valence electrons. The Kier molecular flexibility index (Phi) is 7.02. The van der Waals surface area contributed by atoms with Crippen LogP contribution in [0.5, 0.6) is 5.75 Å². The van der Waals surface area contributed by atoms with E-state index in [-0.39, 0.29) is 5.91 Å². The third-order valence-electron chi connectivity index (χ3n) is 6.42. The molecule has 1 aliphatic rings. The SMILES string of the molecule is Cc1c(C(=O)N(Cc2ccc(OC[C@H]3CCOC3)cc2)Cc2cccnc2)[nH]c2ccc(Cl)cc12. The van der Waals surface area contributed by atoms with E-state index in [0.29, 0.717) is 36.3 Å². The van der Waals surface area contributed by atoms with E-state index in [2.05, 4.69) is 9.97 Å². The summed E-state index contributed by atoms with van der Waals surface area (Å²) in [6.45, 7) is 5.10. The van der Waals surface area contributed by atoms with Gasteiger partial charge in [-0.1, -0.05) is 29.8 Å². The van der Waals surface area contributed by atoms with Crippen LogP contribution in [0.25, 0.3) is 10.9 Å². The number of fused-ring (bicyclic) bond motifs is 1. The minimum Gasteiger partial charge on any atom is -0.493 e. The fourth-order valence-corrected chi connectivity index (χ4v) is 4.59. The molecule has 7 heteroatoms. The number of aromatic amines is 1. The number of halogens is 1. The molecule has 1 atom stereocenters. The number of carbonyl (C=O) groups is 1. The van der Waals surface area contributed by atoms with Crippen molar-refractivity contribution >= 4 is 28.4 Å². The number of hydrogen-bond donors (Lipinski definition) is 1. The molecule has 3 heterocycles. The minimum absolute atomic E-state index is 0.0692. The van der Waals surface area contributed by atoms with Gasteiger partial charge in [-0.05, 0) is 66.4 Å². The second-order valence-electron chi connectivity index (χ2n) is 9.02.